The molecule has 26 heavy (non-hydrogen) atoms. The predicted molar refractivity (Wildman–Crippen MR) is 99.6 cm³/mol. The van der Waals surface area contributed by atoms with Crippen LogP contribution in [0, 0.1) is 0 Å². The van der Waals surface area contributed by atoms with Gasteiger partial charge in [-0.3, -0.25) is 0 Å². The Bertz CT molecular complexity index is 863. The lowest BCUT2D eigenvalue weighted by Crippen LogP contribution is -2.20. The van der Waals surface area contributed by atoms with E-state index in [1.165, 1.54) is 6.07 Å². The summed E-state index contributed by atoms with van der Waals surface area (Å²) >= 11 is 1.57. The van der Waals surface area contributed by atoms with Crippen molar-refractivity contribution in [2.24, 2.45) is 0 Å². The van der Waals surface area contributed by atoms with Crippen LogP contribution >= 0.6 is 11.8 Å². The first-order valence-corrected chi connectivity index (χ1v) is 9.21. The van der Waals surface area contributed by atoms with Gasteiger partial charge in [0.15, 0.2) is 0 Å². The number of rotatable bonds is 7. The lowest BCUT2D eigenvalue weighted by molar-refractivity contribution is -0.274. The van der Waals surface area contributed by atoms with Crippen LogP contribution in [0.1, 0.15) is 10.9 Å². The molecule has 0 radical (unpaired) electrons. The van der Waals surface area contributed by atoms with Crippen molar-refractivity contribution in [1.29, 1.82) is 0 Å². The van der Waals surface area contributed by atoms with E-state index in [0.717, 1.165) is 23.2 Å². The first-order chi connectivity index (χ1) is 12.5. The van der Waals surface area contributed by atoms with E-state index in [4.69, 9.17) is 0 Å². The van der Waals surface area contributed by atoms with E-state index in [2.05, 4.69) is 10.1 Å². The Morgan fingerprint density at radius 3 is 2.58 bits per heavy atom. The molecule has 0 aliphatic rings. The van der Waals surface area contributed by atoms with E-state index in [-0.39, 0.29) is 11.1 Å². The minimum Gasteiger partial charge on any atom is -0.405 e. The second kappa shape index (κ2) is 8.05. The van der Waals surface area contributed by atoms with Crippen LogP contribution in [0.2, 0.25) is 0 Å². The van der Waals surface area contributed by atoms with Gasteiger partial charge in [0.1, 0.15) is 11.1 Å². The van der Waals surface area contributed by atoms with Gasteiger partial charge in [0, 0.05) is 29.6 Å². The van der Waals surface area contributed by atoms with Crippen molar-refractivity contribution in [1.82, 2.24) is 9.88 Å². The molecule has 3 aromatic rings. The maximum absolute atomic E-state index is 12.8. The summed E-state index contributed by atoms with van der Waals surface area (Å²) in [4.78, 5) is 0. The fourth-order valence-corrected chi connectivity index (χ4v) is 4.07. The summed E-state index contributed by atoms with van der Waals surface area (Å²) in [5.41, 5.74) is 1.46. The molecular formula is C19H19F3N2OS. The number of aromatic nitrogens is 1. The van der Waals surface area contributed by atoms with Crippen molar-refractivity contribution in [3.05, 3.63) is 66.4 Å². The Morgan fingerprint density at radius 1 is 1.08 bits per heavy atom. The molecule has 0 fully saturated rings. The molecule has 1 aromatic heterocycles. The highest BCUT2D eigenvalue weighted by molar-refractivity contribution is 7.99. The second-order valence-electron chi connectivity index (χ2n) is 5.69. The fraction of sp³-hybridized carbons (Fsp3) is 0.263. The molecule has 7 heteroatoms. The highest BCUT2D eigenvalue weighted by Crippen LogP contribution is 2.40. The Morgan fingerprint density at radius 2 is 1.81 bits per heavy atom. The summed E-state index contributed by atoms with van der Waals surface area (Å²) in [7, 11) is 1.85. The summed E-state index contributed by atoms with van der Waals surface area (Å²) in [5.74, 6) is 0.577. The maximum Gasteiger partial charge on any atom is 0.573 e. The molecule has 0 spiro atoms. The molecule has 138 valence electrons. The zero-order chi connectivity index (χ0) is 18.6. The Labute approximate surface area is 154 Å². The number of benzene rings is 2. The van der Waals surface area contributed by atoms with Gasteiger partial charge in [-0.05, 0) is 30.6 Å². The average Bonchev–Trinajstić information content (AvgIpc) is 3.02. The number of hydrogen-bond acceptors (Lipinski definition) is 3. The first-order valence-electron chi connectivity index (χ1n) is 8.16. The molecule has 0 unspecified atom stereocenters. The number of alkyl halides is 3. The topological polar surface area (TPSA) is 26.2 Å². The third-order valence-electron chi connectivity index (χ3n) is 3.92. The van der Waals surface area contributed by atoms with Gasteiger partial charge in [0.2, 0.25) is 0 Å². The molecule has 3 rings (SSSR count). The Hall–Kier alpha value is -2.12. The monoisotopic (exact) mass is 380 g/mol. The van der Waals surface area contributed by atoms with Gasteiger partial charge >= 0.3 is 6.36 Å². The zero-order valence-electron chi connectivity index (χ0n) is 14.2. The highest BCUT2D eigenvalue weighted by Gasteiger charge is 2.33. The van der Waals surface area contributed by atoms with Crippen molar-refractivity contribution in [2.45, 2.75) is 11.7 Å². The van der Waals surface area contributed by atoms with Crippen molar-refractivity contribution in [2.75, 3.05) is 19.3 Å². The minimum absolute atomic E-state index is 0.167. The number of thioether (sulfide) groups is 1. The fourth-order valence-electron chi connectivity index (χ4n) is 2.80. The number of halogens is 3. The van der Waals surface area contributed by atoms with Gasteiger partial charge in [0.25, 0.3) is 0 Å². The van der Waals surface area contributed by atoms with Gasteiger partial charge in [-0.25, -0.2) is 0 Å². The Kier molecular flexibility index (Phi) is 5.78. The lowest BCUT2D eigenvalue weighted by atomic mass is 10.2. The van der Waals surface area contributed by atoms with Crippen LogP contribution in [-0.4, -0.2) is 30.3 Å². The van der Waals surface area contributed by atoms with Crippen LogP contribution in [0.25, 0.3) is 10.9 Å². The SMILES string of the molecule is CNCCS[C@@H](c1ccccc1OC(F)(F)F)n1ccc2ccccc21. The van der Waals surface area contributed by atoms with E-state index in [9.17, 15) is 13.2 Å². The van der Waals surface area contributed by atoms with Gasteiger partial charge in [0.05, 0.1) is 0 Å². The summed E-state index contributed by atoms with van der Waals surface area (Å²) in [6.45, 7) is 0.753. The molecule has 0 aliphatic heterocycles. The number of ether oxygens (including phenoxy) is 1. The highest BCUT2D eigenvalue weighted by atomic mass is 32.2. The van der Waals surface area contributed by atoms with Gasteiger partial charge in [-0.15, -0.1) is 24.9 Å². The third-order valence-corrected chi connectivity index (χ3v) is 5.16. The summed E-state index contributed by atoms with van der Waals surface area (Å²) < 4.78 is 44.8. The molecule has 2 aromatic carbocycles. The van der Waals surface area contributed by atoms with Crippen LogP contribution in [0.3, 0.4) is 0 Å². The predicted octanol–water partition coefficient (Wildman–Crippen LogP) is 5.04. The van der Waals surface area contributed by atoms with Crippen molar-refractivity contribution >= 4 is 22.7 Å². The number of para-hydroxylation sites is 2. The number of nitrogens with zero attached hydrogens (tertiary/aromatic N) is 1. The molecule has 0 amide bonds. The third kappa shape index (κ3) is 4.34. The summed E-state index contributed by atoms with van der Waals surface area (Å²) in [5, 5.41) is 3.78. The molecule has 1 atom stereocenters. The number of fused-ring (bicyclic) bond motifs is 1. The molecule has 0 bridgehead atoms. The van der Waals surface area contributed by atoms with E-state index >= 15 is 0 Å². The van der Waals surface area contributed by atoms with Crippen LogP contribution in [0.15, 0.2) is 60.8 Å². The molecule has 0 aliphatic carbocycles. The molecule has 1 heterocycles. The molecule has 1 N–H and O–H groups in total. The van der Waals surface area contributed by atoms with E-state index in [1.807, 2.05) is 48.1 Å². The molecule has 3 nitrogen and oxygen atoms in total. The second-order valence-corrected chi connectivity index (χ2v) is 6.88. The van der Waals surface area contributed by atoms with Gasteiger partial charge in [-0.1, -0.05) is 36.4 Å². The van der Waals surface area contributed by atoms with Crippen LogP contribution in [-0.2, 0) is 0 Å². The average molecular weight is 380 g/mol. The summed E-state index contributed by atoms with van der Waals surface area (Å²) in [6, 6.07) is 16.1. The van der Waals surface area contributed by atoms with Gasteiger partial charge in [-0.2, -0.15) is 0 Å². The normalized spacial score (nSPS) is 13.1. The molecule has 0 saturated carbocycles. The lowest BCUT2D eigenvalue weighted by Gasteiger charge is -2.23. The largest absolute Gasteiger partial charge is 0.573 e. The quantitative estimate of drug-likeness (QED) is 0.582. The zero-order valence-corrected chi connectivity index (χ0v) is 15.0. The van der Waals surface area contributed by atoms with Crippen LogP contribution < -0.4 is 10.1 Å². The molecule has 0 saturated heterocycles. The molecular weight excluding hydrogens is 361 g/mol. The van der Waals surface area contributed by atoms with Gasteiger partial charge < -0.3 is 14.6 Å². The van der Waals surface area contributed by atoms with Crippen LogP contribution in [0.4, 0.5) is 13.2 Å². The van der Waals surface area contributed by atoms with Crippen molar-refractivity contribution < 1.29 is 17.9 Å². The first kappa shape index (κ1) is 18.7. The van der Waals surface area contributed by atoms with Crippen molar-refractivity contribution in [3.8, 4) is 5.75 Å². The Balaban J connectivity index is 2.05. The van der Waals surface area contributed by atoms with E-state index in [0.29, 0.717) is 5.56 Å². The number of nitrogens with one attached hydrogen (secondary N) is 1. The standard InChI is InChI=1S/C19H19F3N2OS/c1-23-11-13-26-18(24-12-10-14-6-2-4-8-16(14)24)15-7-3-5-9-17(15)25-19(20,21)22/h2-10,12,18,23H,11,13H2,1H3/t18-/m0/s1. The number of hydrogen-bond donors (Lipinski definition) is 1. The maximum atomic E-state index is 12.8. The van der Waals surface area contributed by atoms with E-state index in [1.54, 1.807) is 30.0 Å². The van der Waals surface area contributed by atoms with Crippen molar-refractivity contribution in [3.63, 3.8) is 0 Å². The van der Waals surface area contributed by atoms with E-state index < -0.39 is 6.36 Å². The summed E-state index contributed by atoms with van der Waals surface area (Å²) in [6.07, 6.45) is -2.82. The minimum atomic E-state index is -4.73. The smallest absolute Gasteiger partial charge is 0.405 e. The van der Waals surface area contributed by atoms with Crippen LogP contribution in [0.5, 0.6) is 5.75 Å².